The zero-order valence-electron chi connectivity index (χ0n) is 15.3. The van der Waals surface area contributed by atoms with E-state index in [1.807, 2.05) is 18.3 Å². The molecular weight excluding hydrogens is 336 g/mol. The van der Waals surface area contributed by atoms with Crippen LogP contribution in [0.15, 0.2) is 22.5 Å². The highest BCUT2D eigenvalue weighted by molar-refractivity contribution is 7.10. The molecule has 1 aliphatic heterocycles. The number of esters is 1. The number of rotatable bonds is 9. The fourth-order valence-corrected chi connectivity index (χ4v) is 3.89. The van der Waals surface area contributed by atoms with E-state index in [1.54, 1.807) is 7.05 Å². The van der Waals surface area contributed by atoms with Crippen LogP contribution in [0.2, 0.25) is 0 Å². The van der Waals surface area contributed by atoms with E-state index in [4.69, 9.17) is 4.74 Å². The molecule has 7 heteroatoms. The van der Waals surface area contributed by atoms with Crippen LogP contribution in [-0.2, 0) is 9.53 Å². The predicted octanol–water partition coefficient (Wildman–Crippen LogP) is 2.39. The van der Waals surface area contributed by atoms with E-state index in [0.717, 1.165) is 32.0 Å². The van der Waals surface area contributed by atoms with Crippen molar-refractivity contribution in [3.63, 3.8) is 0 Å². The molecule has 1 saturated heterocycles. The number of nitrogens with one attached hydrogen (secondary N) is 2. The molecule has 0 amide bonds. The van der Waals surface area contributed by atoms with Crippen molar-refractivity contribution in [3.8, 4) is 0 Å². The lowest BCUT2D eigenvalue weighted by atomic mass is 10.2. The van der Waals surface area contributed by atoms with Gasteiger partial charge >= 0.3 is 5.97 Å². The first kappa shape index (κ1) is 19.7. The molecule has 1 aliphatic rings. The van der Waals surface area contributed by atoms with Gasteiger partial charge in [0.2, 0.25) is 0 Å². The SMILES string of the molecule is CCOC(=O)CCCNC(=NC)NCC(c1cccs1)N1CCCC1. The summed E-state index contributed by atoms with van der Waals surface area (Å²) in [6.07, 6.45) is 3.73. The van der Waals surface area contributed by atoms with Gasteiger partial charge in [-0.2, -0.15) is 0 Å². The molecule has 6 nitrogen and oxygen atoms in total. The summed E-state index contributed by atoms with van der Waals surface area (Å²) in [6.45, 7) is 6.12. The van der Waals surface area contributed by atoms with Crippen molar-refractivity contribution >= 4 is 23.3 Å². The van der Waals surface area contributed by atoms with Gasteiger partial charge in [0, 0.05) is 31.4 Å². The van der Waals surface area contributed by atoms with Gasteiger partial charge in [0.25, 0.3) is 0 Å². The van der Waals surface area contributed by atoms with E-state index in [2.05, 4.69) is 38.0 Å². The average molecular weight is 367 g/mol. The number of hydrogen-bond donors (Lipinski definition) is 2. The molecule has 1 fully saturated rings. The smallest absolute Gasteiger partial charge is 0.305 e. The summed E-state index contributed by atoms with van der Waals surface area (Å²) in [5.41, 5.74) is 0. The van der Waals surface area contributed by atoms with Crippen molar-refractivity contribution in [1.29, 1.82) is 0 Å². The zero-order chi connectivity index (χ0) is 17.9. The molecule has 0 aromatic carbocycles. The minimum absolute atomic E-state index is 0.140. The maximum atomic E-state index is 11.4. The molecule has 0 saturated carbocycles. The molecular formula is C18H30N4O2S. The molecule has 1 aromatic heterocycles. The van der Waals surface area contributed by atoms with Crippen LogP contribution in [0.1, 0.15) is 43.5 Å². The van der Waals surface area contributed by atoms with Gasteiger partial charge in [-0.3, -0.25) is 14.7 Å². The second-order valence-electron chi connectivity index (χ2n) is 6.06. The maximum absolute atomic E-state index is 11.4. The third-order valence-electron chi connectivity index (χ3n) is 4.29. The lowest BCUT2D eigenvalue weighted by Gasteiger charge is -2.27. The van der Waals surface area contributed by atoms with Crippen molar-refractivity contribution in [1.82, 2.24) is 15.5 Å². The molecule has 0 aliphatic carbocycles. The first-order chi connectivity index (χ1) is 12.2. The molecule has 2 N–H and O–H groups in total. The van der Waals surface area contributed by atoms with Gasteiger partial charge in [-0.1, -0.05) is 6.07 Å². The Morgan fingerprint density at radius 2 is 2.20 bits per heavy atom. The monoisotopic (exact) mass is 366 g/mol. The number of ether oxygens (including phenoxy) is 1. The van der Waals surface area contributed by atoms with E-state index < -0.39 is 0 Å². The van der Waals surface area contributed by atoms with Crippen LogP contribution in [0.5, 0.6) is 0 Å². The number of carbonyl (C=O) groups excluding carboxylic acids is 1. The second-order valence-corrected chi connectivity index (χ2v) is 7.04. The highest BCUT2D eigenvalue weighted by atomic mass is 32.1. The van der Waals surface area contributed by atoms with Gasteiger partial charge in [0.15, 0.2) is 5.96 Å². The van der Waals surface area contributed by atoms with Crippen molar-refractivity contribution in [2.75, 3.05) is 39.8 Å². The highest BCUT2D eigenvalue weighted by Gasteiger charge is 2.24. The minimum Gasteiger partial charge on any atom is -0.466 e. The Bertz CT molecular complexity index is 527. The summed E-state index contributed by atoms with van der Waals surface area (Å²) >= 11 is 1.81. The Hall–Kier alpha value is -1.60. The summed E-state index contributed by atoms with van der Waals surface area (Å²) in [7, 11) is 1.77. The quantitative estimate of drug-likeness (QED) is 0.304. The lowest BCUT2D eigenvalue weighted by molar-refractivity contribution is -0.143. The van der Waals surface area contributed by atoms with E-state index in [0.29, 0.717) is 25.6 Å². The van der Waals surface area contributed by atoms with Crippen LogP contribution < -0.4 is 10.6 Å². The third-order valence-corrected chi connectivity index (χ3v) is 5.27. The van der Waals surface area contributed by atoms with Gasteiger partial charge in [0.1, 0.15) is 0 Å². The number of aliphatic imine (C=N–C) groups is 1. The minimum atomic E-state index is -0.140. The molecule has 0 bridgehead atoms. The van der Waals surface area contributed by atoms with E-state index in [-0.39, 0.29) is 5.97 Å². The number of thiophene rings is 1. The van der Waals surface area contributed by atoms with E-state index >= 15 is 0 Å². The van der Waals surface area contributed by atoms with Crippen molar-refractivity contribution in [3.05, 3.63) is 22.4 Å². The fraction of sp³-hybridized carbons (Fsp3) is 0.667. The summed E-state index contributed by atoms with van der Waals surface area (Å²) in [4.78, 5) is 19.6. The van der Waals surface area contributed by atoms with Gasteiger partial charge in [-0.05, 0) is 50.7 Å². The maximum Gasteiger partial charge on any atom is 0.305 e. The van der Waals surface area contributed by atoms with Gasteiger partial charge in [0.05, 0.1) is 12.6 Å². The Balaban J connectivity index is 1.76. The molecule has 2 rings (SSSR count). The van der Waals surface area contributed by atoms with Gasteiger partial charge in [-0.15, -0.1) is 11.3 Å². The fourth-order valence-electron chi connectivity index (χ4n) is 3.03. The molecule has 140 valence electrons. The third kappa shape index (κ3) is 6.66. The Morgan fingerprint density at radius 1 is 1.40 bits per heavy atom. The number of hydrogen-bond acceptors (Lipinski definition) is 5. The molecule has 2 heterocycles. The molecule has 0 radical (unpaired) electrons. The topological polar surface area (TPSA) is 66.0 Å². The zero-order valence-corrected chi connectivity index (χ0v) is 16.1. The Morgan fingerprint density at radius 3 is 2.84 bits per heavy atom. The van der Waals surface area contributed by atoms with E-state index in [9.17, 15) is 4.79 Å². The molecule has 1 atom stereocenters. The standard InChI is InChI=1S/C18H30N4O2S/c1-3-24-17(23)9-6-10-20-18(19-2)21-14-15(16-8-7-13-25-16)22-11-4-5-12-22/h7-8,13,15H,3-6,9-12,14H2,1-2H3,(H2,19,20,21). The first-order valence-electron chi connectivity index (χ1n) is 9.12. The van der Waals surface area contributed by atoms with Crippen LogP contribution in [0.3, 0.4) is 0 Å². The normalized spacial score (nSPS) is 16.6. The van der Waals surface area contributed by atoms with Crippen molar-refractivity contribution in [2.24, 2.45) is 4.99 Å². The molecule has 25 heavy (non-hydrogen) atoms. The average Bonchev–Trinajstić information content (AvgIpc) is 3.31. The summed E-state index contributed by atoms with van der Waals surface area (Å²) in [5.74, 6) is 0.642. The lowest BCUT2D eigenvalue weighted by Crippen LogP contribution is -2.42. The molecule has 1 unspecified atom stereocenters. The largest absolute Gasteiger partial charge is 0.466 e. The van der Waals surface area contributed by atoms with Crippen molar-refractivity contribution in [2.45, 2.75) is 38.6 Å². The number of guanidine groups is 1. The van der Waals surface area contributed by atoms with Gasteiger partial charge in [-0.25, -0.2) is 0 Å². The molecule has 0 spiro atoms. The van der Waals surface area contributed by atoms with Crippen LogP contribution in [0.4, 0.5) is 0 Å². The van der Waals surface area contributed by atoms with Gasteiger partial charge < -0.3 is 15.4 Å². The summed E-state index contributed by atoms with van der Waals surface area (Å²) < 4.78 is 4.94. The van der Waals surface area contributed by atoms with Crippen LogP contribution in [0.25, 0.3) is 0 Å². The Labute approximate surface area is 154 Å². The van der Waals surface area contributed by atoms with Crippen LogP contribution in [-0.4, -0.2) is 56.7 Å². The van der Waals surface area contributed by atoms with Crippen LogP contribution >= 0.6 is 11.3 Å². The molecule has 1 aromatic rings. The van der Waals surface area contributed by atoms with Crippen LogP contribution in [0, 0.1) is 0 Å². The van der Waals surface area contributed by atoms with E-state index in [1.165, 1.54) is 17.7 Å². The number of carbonyl (C=O) groups is 1. The second kappa shape index (κ2) is 11.1. The number of likely N-dealkylation sites (tertiary alicyclic amines) is 1. The Kier molecular flexibility index (Phi) is 8.76. The van der Waals surface area contributed by atoms with Crippen molar-refractivity contribution < 1.29 is 9.53 Å². The number of nitrogens with zero attached hydrogens (tertiary/aromatic N) is 2. The summed E-state index contributed by atoms with van der Waals surface area (Å²) in [6, 6.07) is 4.72. The first-order valence-corrected chi connectivity index (χ1v) is 10.00. The summed E-state index contributed by atoms with van der Waals surface area (Å²) in [5, 5.41) is 8.85. The predicted molar refractivity (Wildman–Crippen MR) is 103 cm³/mol. The highest BCUT2D eigenvalue weighted by Crippen LogP contribution is 2.27.